The van der Waals surface area contributed by atoms with Crippen molar-refractivity contribution in [2.75, 3.05) is 6.61 Å². The van der Waals surface area contributed by atoms with Crippen LogP contribution in [-0.4, -0.2) is 35.4 Å². The maximum Gasteiger partial charge on any atom is 0.261 e. The van der Waals surface area contributed by atoms with E-state index in [4.69, 9.17) is 16.3 Å². The third-order valence-electron chi connectivity index (χ3n) is 6.52. The number of nitrogens with one attached hydrogen (secondary N) is 1. The summed E-state index contributed by atoms with van der Waals surface area (Å²) in [5.74, 6) is 0.236. The van der Waals surface area contributed by atoms with Crippen LogP contribution in [0.15, 0.2) is 66.7 Å². The molecule has 4 rings (SSSR count). The highest BCUT2D eigenvalue weighted by Crippen LogP contribution is 2.26. The molecular weight excluding hydrogens is 448 g/mol. The lowest BCUT2D eigenvalue weighted by Crippen LogP contribution is -2.51. The van der Waals surface area contributed by atoms with Gasteiger partial charge in [0.25, 0.3) is 5.91 Å². The van der Waals surface area contributed by atoms with E-state index < -0.39 is 6.04 Å². The fourth-order valence-electron chi connectivity index (χ4n) is 4.51. The summed E-state index contributed by atoms with van der Waals surface area (Å²) in [6, 6.07) is 20.6. The van der Waals surface area contributed by atoms with E-state index in [1.807, 2.05) is 60.7 Å². The van der Waals surface area contributed by atoms with E-state index in [-0.39, 0.29) is 31.0 Å². The van der Waals surface area contributed by atoms with E-state index >= 15 is 0 Å². The summed E-state index contributed by atoms with van der Waals surface area (Å²) < 4.78 is 5.95. The zero-order valence-electron chi connectivity index (χ0n) is 19.5. The standard InChI is InChI=1S/C28H31ClN2O3/c1-20(28(33)30-23-13-3-2-4-14-23)31(18-22-11-6-8-16-25(22)29)27(32)19-34-26-17-9-12-21-10-5-7-15-24(21)26/h5-12,15-17,20,23H,2-4,13-14,18-19H2,1H3,(H,30,33). The number of halogens is 1. The van der Waals surface area contributed by atoms with Crippen LogP contribution in [0.5, 0.6) is 5.75 Å². The molecule has 0 saturated heterocycles. The van der Waals surface area contributed by atoms with Gasteiger partial charge in [-0.25, -0.2) is 0 Å². The second kappa shape index (κ2) is 11.4. The maximum atomic E-state index is 13.4. The van der Waals surface area contributed by atoms with E-state index in [2.05, 4.69) is 5.32 Å². The van der Waals surface area contributed by atoms with Crippen molar-refractivity contribution < 1.29 is 14.3 Å². The zero-order valence-corrected chi connectivity index (χ0v) is 20.3. The SMILES string of the molecule is CC(C(=O)NC1CCCCC1)N(Cc1ccccc1Cl)C(=O)COc1cccc2ccccc12. The minimum Gasteiger partial charge on any atom is -0.483 e. The molecule has 0 radical (unpaired) electrons. The number of hydrogen-bond donors (Lipinski definition) is 1. The summed E-state index contributed by atoms with van der Waals surface area (Å²) in [6.07, 6.45) is 5.44. The van der Waals surface area contributed by atoms with Gasteiger partial charge in [-0.1, -0.05) is 85.5 Å². The van der Waals surface area contributed by atoms with Crippen molar-refractivity contribution >= 4 is 34.2 Å². The Labute approximate surface area is 206 Å². The van der Waals surface area contributed by atoms with Crippen molar-refractivity contribution in [2.24, 2.45) is 0 Å². The van der Waals surface area contributed by atoms with Crippen LogP contribution in [0.25, 0.3) is 10.8 Å². The molecule has 0 aliphatic heterocycles. The molecule has 0 spiro atoms. The number of rotatable bonds is 8. The van der Waals surface area contributed by atoms with E-state index in [1.54, 1.807) is 17.9 Å². The molecule has 178 valence electrons. The second-order valence-electron chi connectivity index (χ2n) is 8.90. The third-order valence-corrected chi connectivity index (χ3v) is 6.89. The first-order valence-corrected chi connectivity index (χ1v) is 12.3. The van der Waals surface area contributed by atoms with Crippen molar-refractivity contribution in [3.8, 4) is 5.75 Å². The van der Waals surface area contributed by atoms with Gasteiger partial charge >= 0.3 is 0 Å². The number of benzene rings is 3. The van der Waals surface area contributed by atoms with Crippen molar-refractivity contribution in [3.63, 3.8) is 0 Å². The fourth-order valence-corrected chi connectivity index (χ4v) is 4.70. The van der Waals surface area contributed by atoms with Crippen molar-refractivity contribution in [1.82, 2.24) is 10.2 Å². The Bertz CT molecular complexity index is 1140. The summed E-state index contributed by atoms with van der Waals surface area (Å²) in [6.45, 7) is 1.83. The van der Waals surface area contributed by atoms with Crippen LogP contribution in [0.4, 0.5) is 0 Å². The van der Waals surface area contributed by atoms with Gasteiger partial charge in [-0.3, -0.25) is 9.59 Å². The molecule has 1 aliphatic carbocycles. The molecule has 3 aromatic rings. The smallest absolute Gasteiger partial charge is 0.261 e. The highest BCUT2D eigenvalue weighted by molar-refractivity contribution is 6.31. The Morgan fingerprint density at radius 1 is 1.00 bits per heavy atom. The number of nitrogens with zero attached hydrogens (tertiary/aromatic N) is 1. The normalized spacial score (nSPS) is 15.0. The van der Waals surface area contributed by atoms with Gasteiger partial charge in [-0.15, -0.1) is 0 Å². The molecule has 1 saturated carbocycles. The summed E-state index contributed by atoms with van der Waals surface area (Å²) in [5.41, 5.74) is 0.792. The topological polar surface area (TPSA) is 58.6 Å². The molecule has 0 aromatic heterocycles. The van der Waals surface area contributed by atoms with Crippen LogP contribution in [-0.2, 0) is 16.1 Å². The van der Waals surface area contributed by atoms with E-state index in [0.717, 1.165) is 42.0 Å². The van der Waals surface area contributed by atoms with Gasteiger partial charge < -0.3 is 15.0 Å². The molecular formula is C28H31ClN2O3. The Balaban J connectivity index is 1.50. The first kappa shape index (κ1) is 24.1. The van der Waals surface area contributed by atoms with E-state index in [9.17, 15) is 9.59 Å². The number of carbonyl (C=O) groups excluding carboxylic acids is 2. The van der Waals surface area contributed by atoms with Gasteiger partial charge in [0.2, 0.25) is 5.91 Å². The lowest BCUT2D eigenvalue weighted by atomic mass is 9.95. The summed E-state index contributed by atoms with van der Waals surface area (Å²) in [7, 11) is 0. The molecule has 0 heterocycles. The van der Waals surface area contributed by atoms with E-state index in [0.29, 0.717) is 10.8 Å². The molecule has 1 fully saturated rings. The molecule has 3 aromatic carbocycles. The molecule has 0 bridgehead atoms. The number of amides is 2. The predicted molar refractivity (Wildman–Crippen MR) is 136 cm³/mol. The quantitative estimate of drug-likeness (QED) is 0.449. The number of hydrogen-bond acceptors (Lipinski definition) is 3. The molecule has 5 nitrogen and oxygen atoms in total. The summed E-state index contributed by atoms with van der Waals surface area (Å²) >= 11 is 6.38. The molecule has 1 aliphatic rings. The molecule has 1 atom stereocenters. The maximum absolute atomic E-state index is 13.4. The Hall–Kier alpha value is -3.05. The predicted octanol–water partition coefficient (Wildman–Crippen LogP) is 5.74. The largest absolute Gasteiger partial charge is 0.483 e. The van der Waals surface area contributed by atoms with Gasteiger partial charge in [-0.05, 0) is 42.8 Å². The summed E-state index contributed by atoms with van der Waals surface area (Å²) in [4.78, 5) is 28.0. The van der Waals surface area contributed by atoms with Gasteiger partial charge in [0, 0.05) is 23.0 Å². The monoisotopic (exact) mass is 478 g/mol. The van der Waals surface area contributed by atoms with Crippen LogP contribution in [0.2, 0.25) is 5.02 Å². The highest BCUT2D eigenvalue weighted by Gasteiger charge is 2.29. The number of ether oxygens (including phenoxy) is 1. The minimum atomic E-state index is -0.651. The first-order chi connectivity index (χ1) is 16.5. The highest BCUT2D eigenvalue weighted by atomic mass is 35.5. The lowest BCUT2D eigenvalue weighted by Gasteiger charge is -2.31. The van der Waals surface area contributed by atoms with Crippen LogP contribution >= 0.6 is 11.6 Å². The molecule has 1 N–H and O–H groups in total. The summed E-state index contributed by atoms with van der Waals surface area (Å²) in [5, 5.41) is 5.70. The van der Waals surface area contributed by atoms with Crippen LogP contribution in [0.3, 0.4) is 0 Å². The van der Waals surface area contributed by atoms with Crippen molar-refractivity contribution in [2.45, 2.75) is 57.7 Å². The molecule has 1 unspecified atom stereocenters. The Kier molecular flexibility index (Phi) is 8.07. The Morgan fingerprint density at radius 3 is 2.50 bits per heavy atom. The van der Waals surface area contributed by atoms with Crippen LogP contribution < -0.4 is 10.1 Å². The molecule has 6 heteroatoms. The zero-order chi connectivity index (χ0) is 23.9. The third kappa shape index (κ3) is 5.89. The van der Waals surface area contributed by atoms with Crippen LogP contribution in [0.1, 0.15) is 44.6 Å². The second-order valence-corrected chi connectivity index (χ2v) is 9.31. The number of carbonyl (C=O) groups is 2. The van der Waals surface area contributed by atoms with E-state index in [1.165, 1.54) is 6.42 Å². The average molecular weight is 479 g/mol. The van der Waals surface area contributed by atoms with Gasteiger partial charge in [0.1, 0.15) is 11.8 Å². The average Bonchev–Trinajstić information content (AvgIpc) is 2.87. The minimum absolute atomic E-state index is 0.141. The van der Waals surface area contributed by atoms with Crippen molar-refractivity contribution in [1.29, 1.82) is 0 Å². The van der Waals surface area contributed by atoms with Gasteiger partial charge in [0.05, 0.1) is 0 Å². The first-order valence-electron chi connectivity index (χ1n) is 12.0. The molecule has 2 amide bonds. The number of fused-ring (bicyclic) bond motifs is 1. The van der Waals surface area contributed by atoms with Gasteiger partial charge in [-0.2, -0.15) is 0 Å². The van der Waals surface area contributed by atoms with Crippen molar-refractivity contribution in [3.05, 3.63) is 77.3 Å². The molecule has 34 heavy (non-hydrogen) atoms. The fraction of sp³-hybridized carbons (Fsp3) is 0.357. The lowest BCUT2D eigenvalue weighted by molar-refractivity contribution is -0.142. The Morgan fingerprint density at radius 2 is 1.71 bits per heavy atom. The van der Waals surface area contributed by atoms with Gasteiger partial charge in [0.15, 0.2) is 6.61 Å². The van der Waals surface area contributed by atoms with Crippen LogP contribution in [0, 0.1) is 0 Å².